The van der Waals surface area contributed by atoms with Crippen LogP contribution in [0.4, 0.5) is 4.79 Å². The summed E-state index contributed by atoms with van der Waals surface area (Å²) in [5, 5.41) is 0. The van der Waals surface area contributed by atoms with Crippen molar-refractivity contribution in [3.05, 3.63) is 12.2 Å². The van der Waals surface area contributed by atoms with Crippen LogP contribution in [-0.2, 0) is 19.0 Å². The smallest absolute Gasteiger partial charge is 0.458 e. The quantitative estimate of drug-likeness (QED) is 0.587. The highest BCUT2D eigenvalue weighted by atomic mass is 16.7. The van der Waals surface area contributed by atoms with E-state index in [0.717, 1.165) is 12.8 Å². The summed E-state index contributed by atoms with van der Waals surface area (Å²) in [6.07, 6.45) is 5.86. The molecule has 5 nitrogen and oxygen atoms in total. The SMILES string of the molecule is CC1CCC(C(C)C)C(OC(=O)OC[C@H]2OC(=O)[C@@H]3C=C[C@H]23)C1. The van der Waals surface area contributed by atoms with Gasteiger partial charge in [-0.25, -0.2) is 4.79 Å². The number of esters is 1. The molecule has 0 bridgehead atoms. The van der Waals surface area contributed by atoms with Gasteiger partial charge in [0.25, 0.3) is 0 Å². The lowest BCUT2D eigenvalue weighted by molar-refractivity contribution is -0.145. The van der Waals surface area contributed by atoms with Crippen molar-refractivity contribution in [2.75, 3.05) is 6.61 Å². The monoisotopic (exact) mass is 322 g/mol. The molecule has 5 heteroatoms. The molecule has 3 rings (SSSR count). The fraction of sp³-hybridized carbons (Fsp3) is 0.778. The number of cyclic esters (lactones) is 1. The summed E-state index contributed by atoms with van der Waals surface area (Å²) >= 11 is 0. The summed E-state index contributed by atoms with van der Waals surface area (Å²) in [4.78, 5) is 23.5. The van der Waals surface area contributed by atoms with E-state index in [4.69, 9.17) is 14.2 Å². The molecule has 6 atom stereocenters. The number of fused-ring (bicyclic) bond motifs is 1. The lowest BCUT2D eigenvalue weighted by atomic mass is 9.75. The first kappa shape index (κ1) is 16.3. The van der Waals surface area contributed by atoms with Gasteiger partial charge in [0.05, 0.1) is 5.92 Å². The van der Waals surface area contributed by atoms with Gasteiger partial charge in [0.15, 0.2) is 0 Å². The molecule has 0 radical (unpaired) electrons. The van der Waals surface area contributed by atoms with Crippen LogP contribution >= 0.6 is 0 Å². The molecule has 1 saturated heterocycles. The molecule has 0 N–H and O–H groups in total. The molecule has 1 aliphatic heterocycles. The van der Waals surface area contributed by atoms with Crippen LogP contribution in [0.2, 0.25) is 0 Å². The maximum absolute atomic E-state index is 12.0. The van der Waals surface area contributed by atoms with E-state index in [1.807, 2.05) is 12.2 Å². The van der Waals surface area contributed by atoms with Gasteiger partial charge in [0.1, 0.15) is 18.8 Å². The topological polar surface area (TPSA) is 61.8 Å². The van der Waals surface area contributed by atoms with Gasteiger partial charge < -0.3 is 14.2 Å². The second-order valence-electron chi connectivity index (χ2n) is 7.51. The molecule has 3 unspecified atom stereocenters. The molecule has 128 valence electrons. The van der Waals surface area contributed by atoms with Crippen LogP contribution in [0, 0.1) is 29.6 Å². The van der Waals surface area contributed by atoms with E-state index in [2.05, 4.69) is 20.8 Å². The Morgan fingerprint density at radius 1 is 1.35 bits per heavy atom. The Hall–Kier alpha value is -1.52. The number of hydrogen-bond acceptors (Lipinski definition) is 5. The normalized spacial score (nSPS) is 38.7. The lowest BCUT2D eigenvalue weighted by Crippen LogP contribution is -2.36. The van der Waals surface area contributed by atoms with Gasteiger partial charge in [-0.15, -0.1) is 0 Å². The second kappa shape index (κ2) is 6.54. The Bertz CT molecular complexity index is 498. The Morgan fingerprint density at radius 2 is 2.13 bits per heavy atom. The van der Waals surface area contributed by atoms with Crippen LogP contribution in [0.15, 0.2) is 12.2 Å². The van der Waals surface area contributed by atoms with Crippen LogP contribution in [0.5, 0.6) is 0 Å². The molecular weight excluding hydrogens is 296 g/mol. The zero-order valence-electron chi connectivity index (χ0n) is 14.1. The number of ether oxygens (including phenoxy) is 3. The van der Waals surface area contributed by atoms with Gasteiger partial charge in [-0.2, -0.15) is 0 Å². The Balaban J connectivity index is 1.48. The van der Waals surface area contributed by atoms with Gasteiger partial charge in [0.2, 0.25) is 0 Å². The van der Waals surface area contributed by atoms with Crippen LogP contribution < -0.4 is 0 Å². The van der Waals surface area contributed by atoms with Crippen molar-refractivity contribution in [1.29, 1.82) is 0 Å². The maximum Gasteiger partial charge on any atom is 0.508 e. The fourth-order valence-electron chi connectivity index (χ4n) is 3.95. The molecule has 0 aromatic heterocycles. The zero-order chi connectivity index (χ0) is 16.6. The van der Waals surface area contributed by atoms with Gasteiger partial charge in [-0.1, -0.05) is 39.3 Å². The summed E-state index contributed by atoms with van der Waals surface area (Å²) in [7, 11) is 0. The predicted octanol–water partition coefficient (Wildman–Crippen LogP) is 3.33. The third kappa shape index (κ3) is 3.38. The third-order valence-electron chi connectivity index (χ3n) is 5.50. The first-order valence-electron chi connectivity index (χ1n) is 8.68. The minimum atomic E-state index is -0.641. The molecule has 0 amide bonds. The minimum absolute atomic E-state index is 0.0495. The van der Waals surface area contributed by atoms with E-state index in [0.29, 0.717) is 17.8 Å². The van der Waals surface area contributed by atoms with Crippen LogP contribution in [0.1, 0.15) is 40.0 Å². The molecule has 1 heterocycles. The fourth-order valence-corrected chi connectivity index (χ4v) is 3.95. The molecule has 0 spiro atoms. The van der Waals surface area contributed by atoms with Gasteiger partial charge in [0, 0.05) is 5.92 Å². The van der Waals surface area contributed by atoms with E-state index >= 15 is 0 Å². The van der Waals surface area contributed by atoms with Crippen molar-refractivity contribution in [3.8, 4) is 0 Å². The molecule has 23 heavy (non-hydrogen) atoms. The van der Waals surface area contributed by atoms with Crippen LogP contribution in [0.25, 0.3) is 0 Å². The van der Waals surface area contributed by atoms with E-state index in [1.54, 1.807) is 0 Å². The van der Waals surface area contributed by atoms with Gasteiger partial charge in [-0.05, 0) is 30.6 Å². The Morgan fingerprint density at radius 3 is 2.74 bits per heavy atom. The van der Waals surface area contributed by atoms with Crippen molar-refractivity contribution in [2.24, 2.45) is 29.6 Å². The summed E-state index contributed by atoms with van der Waals surface area (Å²) in [5.41, 5.74) is 0. The lowest BCUT2D eigenvalue weighted by Gasteiger charge is -2.36. The zero-order valence-corrected chi connectivity index (χ0v) is 14.1. The standard InChI is InChI=1S/C18H26O5/c1-10(2)12-5-4-11(3)8-15(12)23-18(20)21-9-16-13-6-7-14(13)17(19)22-16/h6-7,10-16H,4-5,8-9H2,1-3H3/t11?,12?,13-,14+,15?,16+/m0/s1. The molecule has 2 aliphatic carbocycles. The van der Waals surface area contributed by atoms with Crippen molar-refractivity contribution in [2.45, 2.75) is 52.2 Å². The number of hydrogen-bond donors (Lipinski definition) is 0. The number of rotatable bonds is 4. The van der Waals surface area contributed by atoms with Gasteiger partial charge in [-0.3, -0.25) is 4.79 Å². The Kier molecular flexibility index (Phi) is 4.64. The maximum atomic E-state index is 12.0. The highest BCUT2D eigenvalue weighted by Crippen LogP contribution is 2.38. The molecule has 3 aliphatic rings. The van der Waals surface area contributed by atoms with Gasteiger partial charge >= 0.3 is 12.1 Å². The minimum Gasteiger partial charge on any atom is -0.458 e. The molecule has 1 saturated carbocycles. The molecule has 0 aromatic rings. The summed E-state index contributed by atoms with van der Waals surface area (Å²) in [6, 6.07) is 0. The van der Waals surface area contributed by atoms with Crippen LogP contribution in [-0.4, -0.2) is 30.9 Å². The first-order chi connectivity index (χ1) is 11.0. The van der Waals surface area contributed by atoms with Crippen molar-refractivity contribution >= 4 is 12.1 Å². The average molecular weight is 322 g/mol. The van der Waals surface area contributed by atoms with Crippen molar-refractivity contribution in [1.82, 2.24) is 0 Å². The molecular formula is C18H26O5. The highest BCUT2D eigenvalue weighted by Gasteiger charge is 2.47. The molecule has 2 fully saturated rings. The summed E-state index contributed by atoms with van der Waals surface area (Å²) in [6.45, 7) is 6.61. The number of carbonyl (C=O) groups excluding carboxylic acids is 2. The molecule has 0 aromatic carbocycles. The second-order valence-corrected chi connectivity index (χ2v) is 7.51. The summed E-state index contributed by atoms with van der Waals surface area (Å²) < 4.78 is 16.0. The van der Waals surface area contributed by atoms with Crippen molar-refractivity contribution in [3.63, 3.8) is 0 Å². The van der Waals surface area contributed by atoms with Crippen LogP contribution in [0.3, 0.4) is 0 Å². The van der Waals surface area contributed by atoms with E-state index < -0.39 is 6.16 Å². The average Bonchev–Trinajstić information content (AvgIpc) is 2.64. The summed E-state index contributed by atoms with van der Waals surface area (Å²) in [5.74, 6) is 1.12. The van der Waals surface area contributed by atoms with Crippen molar-refractivity contribution < 1.29 is 23.8 Å². The largest absolute Gasteiger partial charge is 0.508 e. The van der Waals surface area contributed by atoms with E-state index in [-0.39, 0.29) is 36.6 Å². The third-order valence-corrected chi connectivity index (χ3v) is 5.50. The predicted molar refractivity (Wildman–Crippen MR) is 83.6 cm³/mol. The van der Waals surface area contributed by atoms with E-state index in [9.17, 15) is 9.59 Å². The Labute approximate surface area is 137 Å². The highest BCUT2D eigenvalue weighted by molar-refractivity contribution is 5.79. The van der Waals surface area contributed by atoms with E-state index in [1.165, 1.54) is 6.42 Å². The number of carbonyl (C=O) groups is 2. The first-order valence-corrected chi connectivity index (χ1v) is 8.68.